The van der Waals surface area contributed by atoms with Crippen molar-refractivity contribution in [3.05, 3.63) is 83.9 Å². The second kappa shape index (κ2) is 8.58. The van der Waals surface area contributed by atoms with Crippen molar-refractivity contribution in [2.45, 2.75) is 0 Å². The third-order valence-corrected chi connectivity index (χ3v) is 4.31. The summed E-state index contributed by atoms with van der Waals surface area (Å²) in [4.78, 5) is 16.4. The van der Waals surface area contributed by atoms with E-state index < -0.39 is 0 Å². The van der Waals surface area contributed by atoms with E-state index >= 15 is 0 Å². The summed E-state index contributed by atoms with van der Waals surface area (Å²) in [5.74, 6) is 1.27. The van der Waals surface area contributed by atoms with E-state index in [1.807, 2.05) is 30.3 Å². The average Bonchev–Trinajstić information content (AvgIpc) is 3.24. The lowest BCUT2D eigenvalue weighted by atomic mass is 10.2. The number of anilines is 1. The number of para-hydroxylation sites is 1. The van der Waals surface area contributed by atoms with Gasteiger partial charge in [-0.3, -0.25) is 4.79 Å². The number of carbonyl (C=O) groups is 1. The normalized spacial score (nSPS) is 10.5. The van der Waals surface area contributed by atoms with E-state index in [-0.39, 0.29) is 12.5 Å². The summed E-state index contributed by atoms with van der Waals surface area (Å²) in [6.07, 6.45) is 0. The standard InChI is InChI=1S/C22H16ClN3O3/c23-17-10-6-15(7-11-17)21-25-22(29-26-21)16-8-12-18(13-9-16)24-20(27)14-28-19-4-2-1-3-5-19/h1-13H,14H2,(H,24,27). The van der Waals surface area contributed by atoms with Gasteiger partial charge in [-0.2, -0.15) is 4.98 Å². The Balaban J connectivity index is 1.38. The highest BCUT2D eigenvalue weighted by Crippen LogP contribution is 2.24. The largest absolute Gasteiger partial charge is 0.484 e. The zero-order valence-electron chi connectivity index (χ0n) is 15.2. The second-order valence-electron chi connectivity index (χ2n) is 6.16. The monoisotopic (exact) mass is 405 g/mol. The number of nitrogens with zero attached hydrogens (tertiary/aromatic N) is 2. The molecule has 0 atom stereocenters. The molecule has 144 valence electrons. The molecule has 1 N–H and O–H groups in total. The van der Waals surface area contributed by atoms with Gasteiger partial charge in [0.05, 0.1) is 0 Å². The van der Waals surface area contributed by atoms with Gasteiger partial charge in [0.2, 0.25) is 5.82 Å². The molecule has 29 heavy (non-hydrogen) atoms. The average molecular weight is 406 g/mol. The van der Waals surface area contributed by atoms with Gasteiger partial charge in [0.25, 0.3) is 11.8 Å². The molecule has 0 aliphatic carbocycles. The van der Waals surface area contributed by atoms with Crippen molar-refractivity contribution in [2.75, 3.05) is 11.9 Å². The Hall–Kier alpha value is -3.64. The van der Waals surface area contributed by atoms with E-state index in [1.54, 1.807) is 48.5 Å². The Labute approximate surface area is 172 Å². The summed E-state index contributed by atoms with van der Waals surface area (Å²) < 4.78 is 10.8. The molecule has 0 fully saturated rings. The van der Waals surface area contributed by atoms with Crippen LogP contribution in [0.2, 0.25) is 5.02 Å². The van der Waals surface area contributed by atoms with Gasteiger partial charge in [-0.1, -0.05) is 35.0 Å². The van der Waals surface area contributed by atoms with Crippen molar-refractivity contribution >= 4 is 23.2 Å². The van der Waals surface area contributed by atoms with Gasteiger partial charge in [-0.05, 0) is 60.7 Å². The van der Waals surface area contributed by atoms with Crippen molar-refractivity contribution in [3.8, 4) is 28.6 Å². The maximum atomic E-state index is 12.0. The summed E-state index contributed by atoms with van der Waals surface area (Å²) in [6.45, 7) is -0.0696. The highest BCUT2D eigenvalue weighted by Gasteiger charge is 2.11. The smallest absolute Gasteiger partial charge is 0.262 e. The number of benzene rings is 3. The van der Waals surface area contributed by atoms with Crippen LogP contribution < -0.4 is 10.1 Å². The minimum Gasteiger partial charge on any atom is -0.484 e. The first-order valence-corrected chi connectivity index (χ1v) is 9.23. The summed E-state index contributed by atoms with van der Waals surface area (Å²) in [7, 11) is 0. The number of amides is 1. The van der Waals surface area contributed by atoms with Gasteiger partial charge in [-0.15, -0.1) is 0 Å². The van der Waals surface area contributed by atoms with Crippen molar-refractivity contribution in [1.82, 2.24) is 10.1 Å². The Bertz CT molecular complexity index is 1090. The second-order valence-corrected chi connectivity index (χ2v) is 6.59. The Morgan fingerprint density at radius 3 is 2.34 bits per heavy atom. The maximum Gasteiger partial charge on any atom is 0.262 e. The van der Waals surface area contributed by atoms with Crippen LogP contribution in [0, 0.1) is 0 Å². The van der Waals surface area contributed by atoms with Crippen LogP contribution in [0.3, 0.4) is 0 Å². The van der Waals surface area contributed by atoms with E-state index in [9.17, 15) is 4.79 Å². The molecule has 3 aromatic carbocycles. The first kappa shape index (κ1) is 18.7. The topological polar surface area (TPSA) is 77.2 Å². The Kier molecular flexibility index (Phi) is 5.54. The zero-order chi connectivity index (χ0) is 20.1. The van der Waals surface area contributed by atoms with Gasteiger partial charge >= 0.3 is 0 Å². The van der Waals surface area contributed by atoms with Crippen LogP contribution in [0.25, 0.3) is 22.8 Å². The maximum absolute atomic E-state index is 12.0. The van der Waals surface area contributed by atoms with Gasteiger partial charge in [0.15, 0.2) is 6.61 Å². The molecule has 0 saturated carbocycles. The summed E-state index contributed by atoms with van der Waals surface area (Å²) in [5, 5.41) is 7.43. The molecule has 6 nitrogen and oxygen atoms in total. The third-order valence-electron chi connectivity index (χ3n) is 4.06. The fourth-order valence-electron chi connectivity index (χ4n) is 2.62. The van der Waals surface area contributed by atoms with E-state index in [4.69, 9.17) is 20.9 Å². The number of rotatable bonds is 6. The molecule has 4 aromatic rings. The molecule has 0 spiro atoms. The van der Waals surface area contributed by atoms with Gasteiger partial charge in [-0.25, -0.2) is 0 Å². The number of hydrogen-bond acceptors (Lipinski definition) is 5. The number of halogens is 1. The molecule has 7 heteroatoms. The first-order chi connectivity index (χ1) is 14.2. The van der Waals surface area contributed by atoms with Crippen molar-refractivity contribution in [3.63, 3.8) is 0 Å². The predicted octanol–water partition coefficient (Wildman–Crippen LogP) is 5.07. The fourth-order valence-corrected chi connectivity index (χ4v) is 2.74. The van der Waals surface area contributed by atoms with E-state index in [0.29, 0.717) is 28.2 Å². The molecule has 0 bridgehead atoms. The predicted molar refractivity (Wildman–Crippen MR) is 111 cm³/mol. The van der Waals surface area contributed by atoms with Gasteiger partial charge in [0, 0.05) is 21.8 Å². The molecule has 1 heterocycles. The van der Waals surface area contributed by atoms with E-state index in [2.05, 4.69) is 15.5 Å². The highest BCUT2D eigenvalue weighted by molar-refractivity contribution is 6.30. The molecule has 0 radical (unpaired) electrons. The number of nitrogens with one attached hydrogen (secondary N) is 1. The fraction of sp³-hybridized carbons (Fsp3) is 0.0455. The van der Waals surface area contributed by atoms with Gasteiger partial charge < -0.3 is 14.6 Å². The van der Waals surface area contributed by atoms with Gasteiger partial charge in [0.1, 0.15) is 5.75 Å². The zero-order valence-corrected chi connectivity index (χ0v) is 16.0. The Morgan fingerprint density at radius 2 is 1.62 bits per heavy atom. The SMILES string of the molecule is O=C(COc1ccccc1)Nc1ccc(-c2nc(-c3ccc(Cl)cc3)no2)cc1. The quantitative estimate of drug-likeness (QED) is 0.484. The summed E-state index contributed by atoms with van der Waals surface area (Å²) >= 11 is 5.90. The van der Waals surface area contributed by atoms with E-state index in [0.717, 1.165) is 11.1 Å². The minimum atomic E-state index is -0.246. The lowest BCUT2D eigenvalue weighted by molar-refractivity contribution is -0.118. The number of aromatic nitrogens is 2. The third kappa shape index (κ3) is 4.80. The van der Waals surface area contributed by atoms with Crippen LogP contribution >= 0.6 is 11.6 Å². The molecular weight excluding hydrogens is 390 g/mol. The molecule has 0 saturated heterocycles. The summed E-state index contributed by atoms with van der Waals surface area (Å²) in [6, 6.07) is 23.5. The highest BCUT2D eigenvalue weighted by atomic mass is 35.5. The van der Waals surface area contributed by atoms with E-state index in [1.165, 1.54) is 0 Å². The molecular formula is C22H16ClN3O3. The lowest BCUT2D eigenvalue weighted by Gasteiger charge is -2.07. The molecule has 1 amide bonds. The summed E-state index contributed by atoms with van der Waals surface area (Å²) in [5.41, 5.74) is 2.20. The van der Waals surface area contributed by atoms with Crippen LogP contribution in [-0.2, 0) is 4.79 Å². The molecule has 0 unspecified atom stereocenters. The number of hydrogen-bond donors (Lipinski definition) is 1. The molecule has 1 aromatic heterocycles. The molecule has 0 aliphatic heterocycles. The number of ether oxygens (including phenoxy) is 1. The first-order valence-electron chi connectivity index (χ1n) is 8.85. The lowest BCUT2D eigenvalue weighted by Crippen LogP contribution is -2.20. The van der Waals surface area contributed by atoms with Crippen molar-refractivity contribution in [1.29, 1.82) is 0 Å². The van der Waals surface area contributed by atoms with Crippen LogP contribution in [0.1, 0.15) is 0 Å². The van der Waals surface area contributed by atoms with Crippen LogP contribution in [0.15, 0.2) is 83.4 Å². The van der Waals surface area contributed by atoms with Crippen LogP contribution in [0.5, 0.6) is 5.75 Å². The van der Waals surface area contributed by atoms with Crippen molar-refractivity contribution < 1.29 is 14.1 Å². The minimum absolute atomic E-state index is 0.0696. The van der Waals surface area contributed by atoms with Crippen LogP contribution in [-0.4, -0.2) is 22.7 Å². The Morgan fingerprint density at radius 1 is 0.931 bits per heavy atom. The number of carbonyl (C=O) groups excluding carboxylic acids is 1. The van der Waals surface area contributed by atoms with Crippen LogP contribution in [0.4, 0.5) is 5.69 Å². The molecule has 0 aliphatic rings. The van der Waals surface area contributed by atoms with Crippen molar-refractivity contribution in [2.24, 2.45) is 0 Å². The molecule has 4 rings (SSSR count).